The van der Waals surface area contributed by atoms with E-state index in [1.165, 1.54) is 0 Å². The van der Waals surface area contributed by atoms with E-state index in [2.05, 4.69) is 22.2 Å². The third-order valence-corrected chi connectivity index (χ3v) is 0.937. The maximum Gasteiger partial charge on any atom is 0.200 e. The molecule has 0 spiro atoms. The molecular weight excluding hydrogens is 141 g/mol. The Kier molecular flexibility index (Phi) is 1.44. The van der Waals surface area contributed by atoms with E-state index < -0.39 is 5.95 Å². The molecule has 0 saturated carbocycles. The third kappa shape index (κ3) is 1.46. The number of rotatable bonds is 0. The quantitative estimate of drug-likeness (QED) is 0.420. The lowest BCUT2D eigenvalue weighted by Gasteiger charge is -1.90. The minimum atomic E-state index is -0.562. The molecule has 0 unspecified atom stereocenters. The van der Waals surface area contributed by atoms with Crippen LogP contribution in [0.2, 0.25) is 0 Å². The van der Waals surface area contributed by atoms with Gasteiger partial charge in [-0.05, 0) is 0 Å². The lowest BCUT2D eigenvalue weighted by molar-refractivity contribution is 0.581. The second-order valence-electron chi connectivity index (χ2n) is 1.45. The molecule has 3 nitrogen and oxygen atoms in total. The van der Waals surface area contributed by atoms with Crippen LogP contribution < -0.4 is 5.73 Å². The third-order valence-electron chi connectivity index (χ3n) is 0.728. The Labute approximate surface area is 55.7 Å². The van der Waals surface area contributed by atoms with Crippen LogP contribution in [0.4, 0.5) is 10.3 Å². The molecule has 0 fully saturated rings. The topological polar surface area (TPSA) is 54.7 Å². The smallest absolute Gasteiger partial charge is 0.200 e. The van der Waals surface area contributed by atoms with Crippen molar-refractivity contribution in [2.75, 3.05) is 5.73 Å². The Balaban J connectivity index is 3.33. The summed E-state index contributed by atoms with van der Waals surface area (Å²) in [5, 5.41) is 0. The molecule has 0 atom stereocenters. The van der Waals surface area contributed by atoms with Crippen molar-refractivity contribution in [1.29, 1.82) is 0 Å². The number of aromatic nitrogens is 2. The summed E-state index contributed by atoms with van der Waals surface area (Å²) in [5.74, 6) is -0.562. The SMILES string of the molecule is Nc1nc(=S)cc(F)[nH]1. The zero-order chi connectivity index (χ0) is 6.85. The zero-order valence-corrected chi connectivity index (χ0v) is 5.20. The molecule has 1 rings (SSSR count). The highest BCUT2D eigenvalue weighted by Gasteiger charge is 1.89. The average molecular weight is 145 g/mol. The van der Waals surface area contributed by atoms with Crippen molar-refractivity contribution in [3.63, 3.8) is 0 Å². The monoisotopic (exact) mass is 145 g/mol. The normalized spacial score (nSPS) is 9.44. The fourth-order valence-electron chi connectivity index (χ4n) is 0.446. The van der Waals surface area contributed by atoms with Gasteiger partial charge in [0.2, 0.25) is 5.95 Å². The van der Waals surface area contributed by atoms with Crippen LogP contribution in [0.5, 0.6) is 0 Å². The van der Waals surface area contributed by atoms with Gasteiger partial charge in [0.15, 0.2) is 5.95 Å². The highest BCUT2D eigenvalue weighted by molar-refractivity contribution is 7.71. The number of aromatic amines is 1. The number of anilines is 1. The average Bonchev–Trinajstić information content (AvgIpc) is 1.59. The molecule has 1 aromatic heterocycles. The van der Waals surface area contributed by atoms with Gasteiger partial charge < -0.3 is 10.7 Å². The van der Waals surface area contributed by atoms with Crippen LogP contribution in [0.15, 0.2) is 6.07 Å². The molecule has 3 N–H and O–H groups in total. The van der Waals surface area contributed by atoms with Crippen molar-refractivity contribution in [3.8, 4) is 0 Å². The number of hydrogen-bond donors (Lipinski definition) is 2. The zero-order valence-electron chi connectivity index (χ0n) is 4.39. The summed E-state index contributed by atoms with van der Waals surface area (Å²) >= 11 is 4.54. The fraction of sp³-hybridized carbons (Fsp3) is 0. The predicted molar refractivity (Wildman–Crippen MR) is 33.8 cm³/mol. The lowest BCUT2D eigenvalue weighted by atomic mass is 10.6. The Morgan fingerprint density at radius 2 is 2.44 bits per heavy atom. The number of nitrogens with two attached hydrogens (primary N) is 1. The largest absolute Gasteiger partial charge is 0.369 e. The van der Waals surface area contributed by atoms with Crippen LogP contribution in [-0.4, -0.2) is 9.97 Å². The van der Waals surface area contributed by atoms with E-state index in [0.29, 0.717) is 0 Å². The van der Waals surface area contributed by atoms with Crippen LogP contribution in [0.1, 0.15) is 0 Å². The first-order chi connectivity index (χ1) is 4.18. The maximum absolute atomic E-state index is 12.2. The van der Waals surface area contributed by atoms with E-state index in [1.807, 2.05) is 0 Å². The van der Waals surface area contributed by atoms with Gasteiger partial charge in [0, 0.05) is 6.07 Å². The van der Waals surface area contributed by atoms with Crippen molar-refractivity contribution in [1.82, 2.24) is 9.97 Å². The summed E-state index contributed by atoms with van der Waals surface area (Å²) in [6.45, 7) is 0. The molecule has 0 aromatic carbocycles. The summed E-state index contributed by atoms with van der Waals surface area (Å²) in [6.07, 6.45) is 0. The number of nitrogen functional groups attached to an aromatic ring is 1. The molecule has 5 heteroatoms. The molecule has 0 aliphatic rings. The van der Waals surface area contributed by atoms with Gasteiger partial charge in [-0.2, -0.15) is 4.39 Å². The minimum absolute atomic E-state index is 0.000000000000000444. The van der Waals surface area contributed by atoms with E-state index in [9.17, 15) is 4.39 Å². The van der Waals surface area contributed by atoms with E-state index in [-0.39, 0.29) is 10.6 Å². The number of hydrogen-bond acceptors (Lipinski definition) is 3. The molecule has 0 amide bonds. The van der Waals surface area contributed by atoms with Crippen molar-refractivity contribution in [2.24, 2.45) is 0 Å². The van der Waals surface area contributed by atoms with E-state index in [0.717, 1.165) is 6.07 Å². The highest BCUT2D eigenvalue weighted by atomic mass is 32.1. The van der Waals surface area contributed by atoms with Gasteiger partial charge in [-0.15, -0.1) is 0 Å². The van der Waals surface area contributed by atoms with Gasteiger partial charge in [0.05, 0.1) is 0 Å². The van der Waals surface area contributed by atoms with E-state index in [4.69, 9.17) is 5.73 Å². The van der Waals surface area contributed by atoms with Gasteiger partial charge in [0.1, 0.15) is 4.64 Å². The molecule has 0 saturated heterocycles. The first kappa shape index (κ1) is 6.15. The number of H-pyrrole nitrogens is 1. The Hall–Kier alpha value is -0.970. The first-order valence-electron chi connectivity index (χ1n) is 2.21. The summed E-state index contributed by atoms with van der Waals surface area (Å²) in [5.41, 5.74) is 5.09. The number of nitrogens with zero attached hydrogens (tertiary/aromatic N) is 1. The van der Waals surface area contributed by atoms with Crippen LogP contribution in [0, 0.1) is 10.6 Å². The highest BCUT2D eigenvalue weighted by Crippen LogP contribution is 1.94. The Bertz CT molecular complexity index is 246. The van der Waals surface area contributed by atoms with Crippen LogP contribution in [0.3, 0.4) is 0 Å². The molecule has 48 valence electrons. The fourth-order valence-corrected chi connectivity index (χ4v) is 0.648. The molecule has 9 heavy (non-hydrogen) atoms. The van der Waals surface area contributed by atoms with Crippen molar-refractivity contribution < 1.29 is 4.39 Å². The van der Waals surface area contributed by atoms with Gasteiger partial charge in [-0.1, -0.05) is 12.2 Å². The van der Waals surface area contributed by atoms with Crippen LogP contribution in [-0.2, 0) is 0 Å². The van der Waals surface area contributed by atoms with Gasteiger partial charge in [0.25, 0.3) is 0 Å². The van der Waals surface area contributed by atoms with E-state index >= 15 is 0 Å². The summed E-state index contributed by atoms with van der Waals surface area (Å²) < 4.78 is 12.3. The predicted octanol–water partition coefficient (Wildman–Crippen LogP) is 0.860. The standard InChI is InChI=1S/C4H4FN3S/c5-2-1-3(9)8-4(6)7-2/h1H,(H3,6,7,8,9). The molecule has 1 aromatic rings. The van der Waals surface area contributed by atoms with Gasteiger partial charge in [-0.25, -0.2) is 4.98 Å². The van der Waals surface area contributed by atoms with Gasteiger partial charge >= 0.3 is 0 Å². The molecule has 0 aliphatic carbocycles. The summed E-state index contributed by atoms with van der Waals surface area (Å²) in [6, 6.07) is 1.09. The van der Waals surface area contributed by atoms with Crippen molar-refractivity contribution in [3.05, 3.63) is 16.7 Å². The number of nitrogens with one attached hydrogen (secondary N) is 1. The second-order valence-corrected chi connectivity index (χ2v) is 1.87. The molecule has 0 radical (unpaired) electrons. The molecule has 0 bridgehead atoms. The van der Waals surface area contributed by atoms with Crippen LogP contribution >= 0.6 is 12.2 Å². The van der Waals surface area contributed by atoms with E-state index in [1.54, 1.807) is 0 Å². The minimum Gasteiger partial charge on any atom is -0.369 e. The first-order valence-corrected chi connectivity index (χ1v) is 2.61. The lowest BCUT2D eigenvalue weighted by Crippen LogP contribution is -1.96. The second kappa shape index (κ2) is 2.10. The van der Waals surface area contributed by atoms with Gasteiger partial charge in [-0.3, -0.25) is 0 Å². The Morgan fingerprint density at radius 1 is 1.78 bits per heavy atom. The molecule has 0 aliphatic heterocycles. The van der Waals surface area contributed by atoms with Crippen molar-refractivity contribution in [2.45, 2.75) is 0 Å². The molecule has 1 heterocycles. The molecular formula is C4H4FN3S. The Morgan fingerprint density at radius 3 is 2.89 bits per heavy atom. The summed E-state index contributed by atoms with van der Waals surface area (Å²) in [4.78, 5) is 5.68. The summed E-state index contributed by atoms with van der Waals surface area (Å²) in [7, 11) is 0. The maximum atomic E-state index is 12.2. The number of halogens is 1. The van der Waals surface area contributed by atoms with Crippen LogP contribution in [0.25, 0.3) is 0 Å². The van der Waals surface area contributed by atoms with Crippen molar-refractivity contribution >= 4 is 18.2 Å².